The Morgan fingerprint density at radius 2 is 1.54 bits per heavy atom. The van der Waals surface area contributed by atoms with Gasteiger partial charge in [0.05, 0.1) is 4.90 Å². The summed E-state index contributed by atoms with van der Waals surface area (Å²) in [5.74, 6) is -1.02. The Morgan fingerprint density at radius 1 is 1.00 bits per heavy atom. The van der Waals surface area contributed by atoms with Crippen molar-refractivity contribution in [1.29, 1.82) is 0 Å². The number of carbonyl (C=O) groups is 2. The number of sulfone groups is 1. The molecule has 0 unspecified atom stereocenters. The van der Waals surface area contributed by atoms with Gasteiger partial charge >= 0.3 is 0 Å². The summed E-state index contributed by atoms with van der Waals surface area (Å²) >= 11 is 0. The van der Waals surface area contributed by atoms with Gasteiger partial charge in [-0.3, -0.25) is 4.79 Å². The van der Waals surface area contributed by atoms with E-state index in [0.29, 0.717) is 18.3 Å². The molecule has 0 spiro atoms. The van der Waals surface area contributed by atoms with E-state index in [1.54, 1.807) is 55.5 Å². The maximum Gasteiger partial charge on any atom is 0.188 e. The first-order valence-corrected chi connectivity index (χ1v) is 9.38. The van der Waals surface area contributed by atoms with Gasteiger partial charge in [-0.1, -0.05) is 61.9 Å². The summed E-state index contributed by atoms with van der Waals surface area (Å²) in [6.07, 6.45) is 1.14. The molecule has 0 fully saturated rings. The van der Waals surface area contributed by atoms with E-state index in [9.17, 15) is 18.0 Å². The topological polar surface area (TPSA) is 68.3 Å². The SMILES string of the molecule is CC[C@H](CC=O)[C@H](C(=O)c1ccccc1)S(=O)(=O)c1ccccc1. The summed E-state index contributed by atoms with van der Waals surface area (Å²) in [6.45, 7) is 1.79. The minimum absolute atomic E-state index is 0.0335. The van der Waals surface area contributed by atoms with Crippen molar-refractivity contribution in [3.05, 3.63) is 66.2 Å². The molecule has 0 N–H and O–H groups in total. The third-order valence-electron chi connectivity index (χ3n) is 4.07. The zero-order chi connectivity index (χ0) is 17.6. The largest absolute Gasteiger partial charge is 0.303 e. The van der Waals surface area contributed by atoms with Crippen LogP contribution in [-0.2, 0) is 14.6 Å². The summed E-state index contributed by atoms with van der Waals surface area (Å²) in [4.78, 5) is 24.0. The minimum Gasteiger partial charge on any atom is -0.303 e. The summed E-state index contributed by atoms with van der Waals surface area (Å²) in [7, 11) is -3.89. The average molecular weight is 344 g/mol. The van der Waals surface area contributed by atoms with E-state index in [4.69, 9.17) is 0 Å². The Hall–Kier alpha value is -2.27. The monoisotopic (exact) mass is 344 g/mol. The predicted octanol–water partition coefficient (Wildman–Crippen LogP) is 3.33. The Labute approximate surface area is 142 Å². The zero-order valence-corrected chi connectivity index (χ0v) is 14.3. The minimum atomic E-state index is -3.89. The molecule has 4 nitrogen and oxygen atoms in total. The van der Waals surface area contributed by atoms with Gasteiger partial charge in [-0.2, -0.15) is 0 Å². The molecule has 2 atom stereocenters. The molecular formula is C19H20O4S. The van der Waals surface area contributed by atoms with Gasteiger partial charge in [0.2, 0.25) is 0 Å². The molecule has 2 aromatic rings. The third kappa shape index (κ3) is 3.79. The predicted molar refractivity (Wildman–Crippen MR) is 92.7 cm³/mol. The molecule has 24 heavy (non-hydrogen) atoms. The highest BCUT2D eigenvalue weighted by Crippen LogP contribution is 2.28. The lowest BCUT2D eigenvalue weighted by Gasteiger charge is -2.24. The first-order valence-electron chi connectivity index (χ1n) is 7.84. The van der Waals surface area contributed by atoms with Crippen molar-refractivity contribution >= 4 is 21.9 Å². The fourth-order valence-electron chi connectivity index (χ4n) is 2.76. The van der Waals surface area contributed by atoms with E-state index in [-0.39, 0.29) is 11.3 Å². The summed E-state index contributed by atoms with van der Waals surface area (Å²) in [5.41, 5.74) is 0.339. The van der Waals surface area contributed by atoms with Gasteiger partial charge in [0, 0.05) is 12.0 Å². The van der Waals surface area contributed by atoms with Crippen molar-refractivity contribution in [2.75, 3.05) is 0 Å². The van der Waals surface area contributed by atoms with Crippen LogP contribution in [0, 0.1) is 5.92 Å². The quantitative estimate of drug-likeness (QED) is 0.544. The molecule has 0 amide bonds. The molecule has 0 heterocycles. The van der Waals surface area contributed by atoms with Gasteiger partial charge in [0.15, 0.2) is 15.6 Å². The van der Waals surface area contributed by atoms with Crippen LogP contribution < -0.4 is 0 Å². The van der Waals surface area contributed by atoms with E-state index >= 15 is 0 Å². The average Bonchev–Trinajstić information content (AvgIpc) is 2.62. The Balaban J connectivity index is 2.55. The smallest absolute Gasteiger partial charge is 0.188 e. The standard InChI is InChI=1S/C19H20O4S/c1-2-15(13-14-20)19(18(21)16-9-5-3-6-10-16)24(22,23)17-11-7-4-8-12-17/h3-12,14-15,19H,2,13H2,1H3/t15-,19-/m1/s1. The van der Waals surface area contributed by atoms with Crippen LogP contribution in [0.5, 0.6) is 0 Å². The van der Waals surface area contributed by atoms with Crippen LogP contribution >= 0.6 is 0 Å². The van der Waals surface area contributed by atoms with Crippen LogP contribution in [0.4, 0.5) is 0 Å². The molecular weight excluding hydrogens is 324 g/mol. The molecule has 0 saturated carbocycles. The number of aldehydes is 1. The molecule has 0 aromatic heterocycles. The summed E-state index contributed by atoms with van der Waals surface area (Å²) in [5, 5.41) is -1.27. The molecule has 2 rings (SSSR count). The van der Waals surface area contributed by atoms with Gasteiger partial charge in [0.25, 0.3) is 0 Å². The van der Waals surface area contributed by atoms with Crippen LogP contribution in [0.15, 0.2) is 65.6 Å². The molecule has 0 saturated heterocycles. The van der Waals surface area contributed by atoms with Crippen molar-refractivity contribution in [3.63, 3.8) is 0 Å². The van der Waals surface area contributed by atoms with Crippen LogP contribution in [0.3, 0.4) is 0 Å². The van der Waals surface area contributed by atoms with Crippen molar-refractivity contribution < 1.29 is 18.0 Å². The number of benzene rings is 2. The molecule has 0 aliphatic carbocycles. The number of hydrogen-bond donors (Lipinski definition) is 0. The molecule has 5 heteroatoms. The Bertz CT molecular complexity index is 783. The molecule has 0 bridgehead atoms. The van der Waals surface area contributed by atoms with E-state index in [1.807, 2.05) is 0 Å². The Morgan fingerprint density at radius 3 is 2.04 bits per heavy atom. The van der Waals surface area contributed by atoms with Crippen molar-refractivity contribution in [2.24, 2.45) is 5.92 Å². The lowest BCUT2D eigenvalue weighted by atomic mass is 9.93. The fourth-order valence-corrected chi connectivity index (χ4v) is 4.82. The first kappa shape index (κ1) is 18.1. The van der Waals surface area contributed by atoms with Gasteiger partial charge in [0.1, 0.15) is 11.5 Å². The van der Waals surface area contributed by atoms with Gasteiger partial charge in [-0.15, -0.1) is 0 Å². The van der Waals surface area contributed by atoms with Crippen LogP contribution in [0.2, 0.25) is 0 Å². The van der Waals surface area contributed by atoms with Gasteiger partial charge in [-0.25, -0.2) is 8.42 Å². The normalized spacial score (nSPS) is 13.9. The number of carbonyl (C=O) groups excluding carboxylic acids is 2. The zero-order valence-electron chi connectivity index (χ0n) is 13.5. The van der Waals surface area contributed by atoms with Crippen LogP contribution in [0.1, 0.15) is 30.1 Å². The highest BCUT2D eigenvalue weighted by atomic mass is 32.2. The molecule has 0 aliphatic rings. The van der Waals surface area contributed by atoms with Crippen molar-refractivity contribution in [3.8, 4) is 0 Å². The highest BCUT2D eigenvalue weighted by Gasteiger charge is 2.39. The van der Waals surface area contributed by atoms with Gasteiger partial charge < -0.3 is 4.79 Å². The number of Topliss-reactive ketones (excluding diaryl/α,β-unsaturated/α-hetero) is 1. The molecule has 0 aliphatic heterocycles. The second kappa shape index (κ2) is 8.02. The maximum atomic E-state index is 13.1. The summed E-state index contributed by atoms with van der Waals surface area (Å²) in [6, 6.07) is 16.3. The van der Waals surface area contributed by atoms with Crippen molar-refractivity contribution in [1.82, 2.24) is 0 Å². The number of hydrogen-bond acceptors (Lipinski definition) is 4. The van der Waals surface area contributed by atoms with Gasteiger partial charge in [-0.05, 0) is 18.1 Å². The van der Waals surface area contributed by atoms with E-state index in [1.165, 1.54) is 12.1 Å². The maximum absolute atomic E-state index is 13.1. The Kier molecular flexibility index (Phi) is 6.04. The van der Waals surface area contributed by atoms with E-state index < -0.39 is 26.8 Å². The van der Waals surface area contributed by atoms with Crippen LogP contribution in [0.25, 0.3) is 0 Å². The summed E-state index contributed by atoms with van der Waals surface area (Å²) < 4.78 is 26.2. The third-order valence-corrected chi connectivity index (χ3v) is 6.27. The second-order valence-corrected chi connectivity index (χ2v) is 7.65. The number of rotatable bonds is 8. The first-order chi connectivity index (χ1) is 11.5. The highest BCUT2D eigenvalue weighted by molar-refractivity contribution is 7.92. The van der Waals surface area contributed by atoms with E-state index in [2.05, 4.69) is 0 Å². The molecule has 0 radical (unpaired) electrons. The molecule has 2 aromatic carbocycles. The second-order valence-electron chi connectivity index (χ2n) is 5.58. The fraction of sp³-hybridized carbons (Fsp3) is 0.263. The molecule has 126 valence electrons. The lowest BCUT2D eigenvalue weighted by Crippen LogP contribution is -2.37. The van der Waals surface area contributed by atoms with Crippen LogP contribution in [-0.4, -0.2) is 25.7 Å². The van der Waals surface area contributed by atoms with Crippen molar-refractivity contribution in [2.45, 2.75) is 29.9 Å². The van der Waals surface area contributed by atoms with E-state index in [0.717, 1.165) is 0 Å². The number of ketones is 1. The lowest BCUT2D eigenvalue weighted by molar-refractivity contribution is -0.108.